The molecule has 0 radical (unpaired) electrons. The lowest BCUT2D eigenvalue weighted by atomic mass is 10.1. The van der Waals surface area contributed by atoms with Gasteiger partial charge >= 0.3 is 6.18 Å². The van der Waals surface area contributed by atoms with Crippen molar-refractivity contribution >= 4 is 11.3 Å². The fourth-order valence-corrected chi connectivity index (χ4v) is 3.44. The smallest absolute Gasteiger partial charge is 0.416 e. The van der Waals surface area contributed by atoms with Gasteiger partial charge in [0.25, 0.3) is 0 Å². The van der Waals surface area contributed by atoms with E-state index in [1.807, 2.05) is 22.4 Å². The van der Waals surface area contributed by atoms with Crippen LogP contribution in [0.2, 0.25) is 0 Å². The Kier molecular flexibility index (Phi) is 5.98. The third-order valence-corrected chi connectivity index (χ3v) is 4.96. The molecule has 0 amide bonds. The minimum absolute atomic E-state index is 0.0219. The van der Waals surface area contributed by atoms with Crippen LogP contribution in [0.25, 0.3) is 11.5 Å². The number of aliphatic hydroxyl groups is 1. The van der Waals surface area contributed by atoms with Crippen LogP contribution >= 0.6 is 11.3 Å². The fraction of sp³-hybridized carbons (Fsp3) is 0.316. The summed E-state index contributed by atoms with van der Waals surface area (Å²) in [5, 5.41) is 11.3. The second-order valence-corrected chi connectivity index (χ2v) is 7.14. The molecule has 27 heavy (non-hydrogen) atoms. The monoisotopic (exact) mass is 396 g/mol. The van der Waals surface area contributed by atoms with Crippen molar-refractivity contribution in [3.8, 4) is 11.5 Å². The number of hydrogen-bond donors (Lipinski definition) is 1. The van der Waals surface area contributed by atoms with Gasteiger partial charge in [-0.05, 0) is 42.6 Å². The van der Waals surface area contributed by atoms with Gasteiger partial charge in [0.15, 0.2) is 0 Å². The highest BCUT2D eigenvalue weighted by Gasteiger charge is 2.30. The van der Waals surface area contributed by atoms with Crippen LogP contribution in [0.4, 0.5) is 13.2 Å². The Morgan fingerprint density at radius 2 is 1.89 bits per heavy atom. The maximum Gasteiger partial charge on any atom is 0.416 e. The molecule has 0 bridgehead atoms. The van der Waals surface area contributed by atoms with Gasteiger partial charge in [0, 0.05) is 30.1 Å². The molecule has 144 valence electrons. The molecule has 1 aromatic carbocycles. The Hall–Kier alpha value is -2.16. The standard InChI is InChI=1S/C19H19F3N2O2S/c1-13-17(12-24(8-9-25)11-16-3-2-10-27-16)23-18(26-13)14-4-6-15(7-5-14)19(20,21)22/h2-7,10,25H,8-9,11-12H2,1H3. The summed E-state index contributed by atoms with van der Waals surface area (Å²) < 4.78 is 43.8. The van der Waals surface area contributed by atoms with Crippen molar-refractivity contribution in [1.82, 2.24) is 9.88 Å². The van der Waals surface area contributed by atoms with E-state index in [1.165, 1.54) is 17.0 Å². The lowest BCUT2D eigenvalue weighted by Gasteiger charge is -2.19. The average Bonchev–Trinajstić information content (AvgIpc) is 3.25. The quantitative estimate of drug-likeness (QED) is 0.628. The van der Waals surface area contributed by atoms with E-state index in [4.69, 9.17) is 4.42 Å². The maximum atomic E-state index is 12.7. The van der Waals surface area contributed by atoms with Gasteiger partial charge in [-0.1, -0.05) is 6.07 Å². The first-order chi connectivity index (χ1) is 12.9. The minimum Gasteiger partial charge on any atom is -0.441 e. The normalized spacial score (nSPS) is 12.1. The number of nitrogens with zero attached hydrogens (tertiary/aromatic N) is 2. The van der Waals surface area contributed by atoms with Crippen LogP contribution in [0.15, 0.2) is 46.2 Å². The lowest BCUT2D eigenvalue weighted by molar-refractivity contribution is -0.137. The number of oxazole rings is 1. The van der Waals surface area contributed by atoms with Crippen LogP contribution in [0.3, 0.4) is 0 Å². The van der Waals surface area contributed by atoms with E-state index < -0.39 is 11.7 Å². The van der Waals surface area contributed by atoms with Gasteiger partial charge < -0.3 is 9.52 Å². The number of hydrogen-bond acceptors (Lipinski definition) is 5. The first kappa shape index (κ1) is 19.6. The summed E-state index contributed by atoms with van der Waals surface area (Å²) in [6.07, 6.45) is -4.37. The number of aliphatic hydroxyl groups excluding tert-OH is 1. The van der Waals surface area contributed by atoms with Crippen molar-refractivity contribution in [2.24, 2.45) is 0 Å². The van der Waals surface area contributed by atoms with Gasteiger partial charge in [-0.3, -0.25) is 4.90 Å². The highest BCUT2D eigenvalue weighted by Crippen LogP contribution is 2.31. The molecule has 0 spiro atoms. The zero-order valence-electron chi connectivity index (χ0n) is 14.7. The number of aryl methyl sites for hydroxylation is 1. The van der Waals surface area contributed by atoms with E-state index >= 15 is 0 Å². The van der Waals surface area contributed by atoms with Crippen LogP contribution < -0.4 is 0 Å². The molecule has 2 heterocycles. The molecule has 4 nitrogen and oxygen atoms in total. The zero-order chi connectivity index (χ0) is 19.4. The first-order valence-electron chi connectivity index (χ1n) is 8.36. The second-order valence-electron chi connectivity index (χ2n) is 6.11. The molecular formula is C19H19F3N2O2S. The summed E-state index contributed by atoms with van der Waals surface area (Å²) in [5.74, 6) is 0.898. The molecular weight excluding hydrogens is 377 g/mol. The molecule has 1 N–H and O–H groups in total. The number of rotatable bonds is 7. The van der Waals surface area contributed by atoms with E-state index in [9.17, 15) is 18.3 Å². The number of thiophene rings is 1. The van der Waals surface area contributed by atoms with Crippen molar-refractivity contribution in [3.05, 3.63) is 63.7 Å². The van der Waals surface area contributed by atoms with Gasteiger partial charge in [0.1, 0.15) is 5.76 Å². The summed E-state index contributed by atoms with van der Waals surface area (Å²) in [6, 6.07) is 8.75. The van der Waals surface area contributed by atoms with Crippen LogP contribution in [0.5, 0.6) is 0 Å². The van der Waals surface area contributed by atoms with Crippen molar-refractivity contribution in [3.63, 3.8) is 0 Å². The molecule has 0 aliphatic heterocycles. The third-order valence-electron chi connectivity index (χ3n) is 4.10. The number of aromatic nitrogens is 1. The Balaban J connectivity index is 1.76. The minimum atomic E-state index is -4.37. The topological polar surface area (TPSA) is 49.5 Å². The van der Waals surface area contributed by atoms with Crippen LogP contribution in [-0.2, 0) is 19.3 Å². The molecule has 8 heteroatoms. The van der Waals surface area contributed by atoms with Crippen molar-refractivity contribution in [1.29, 1.82) is 0 Å². The van der Waals surface area contributed by atoms with Gasteiger partial charge in [-0.2, -0.15) is 13.2 Å². The zero-order valence-corrected chi connectivity index (χ0v) is 15.5. The largest absolute Gasteiger partial charge is 0.441 e. The molecule has 0 atom stereocenters. The van der Waals surface area contributed by atoms with Crippen molar-refractivity contribution < 1.29 is 22.7 Å². The van der Waals surface area contributed by atoms with Crippen molar-refractivity contribution in [2.45, 2.75) is 26.2 Å². The van der Waals surface area contributed by atoms with E-state index in [0.29, 0.717) is 36.7 Å². The molecule has 2 aromatic heterocycles. The second kappa shape index (κ2) is 8.24. The molecule has 0 aliphatic carbocycles. The highest BCUT2D eigenvalue weighted by atomic mass is 32.1. The lowest BCUT2D eigenvalue weighted by Crippen LogP contribution is -2.26. The SMILES string of the molecule is Cc1oc(-c2ccc(C(F)(F)F)cc2)nc1CN(CCO)Cc1cccs1. The van der Waals surface area contributed by atoms with E-state index in [2.05, 4.69) is 4.98 Å². The van der Waals surface area contributed by atoms with E-state index in [1.54, 1.807) is 18.3 Å². The van der Waals surface area contributed by atoms with E-state index in [0.717, 1.165) is 12.1 Å². The van der Waals surface area contributed by atoms with Gasteiger partial charge in [-0.25, -0.2) is 4.98 Å². The molecule has 3 aromatic rings. The first-order valence-corrected chi connectivity index (χ1v) is 9.24. The molecule has 0 aliphatic rings. The Morgan fingerprint density at radius 3 is 2.48 bits per heavy atom. The Morgan fingerprint density at radius 1 is 1.15 bits per heavy atom. The summed E-state index contributed by atoms with van der Waals surface area (Å²) in [5.41, 5.74) is 0.485. The summed E-state index contributed by atoms with van der Waals surface area (Å²) in [4.78, 5) is 7.68. The summed E-state index contributed by atoms with van der Waals surface area (Å²) in [6.45, 7) is 3.45. The molecule has 3 rings (SSSR count). The molecule has 0 unspecified atom stereocenters. The fourth-order valence-electron chi connectivity index (χ4n) is 2.69. The van der Waals surface area contributed by atoms with Gasteiger partial charge in [0.2, 0.25) is 5.89 Å². The average molecular weight is 396 g/mol. The molecule has 0 saturated heterocycles. The predicted octanol–water partition coefficient (Wildman–Crippen LogP) is 4.72. The maximum absolute atomic E-state index is 12.7. The van der Waals surface area contributed by atoms with Crippen LogP contribution in [0, 0.1) is 6.92 Å². The van der Waals surface area contributed by atoms with E-state index in [-0.39, 0.29) is 12.5 Å². The summed E-state index contributed by atoms with van der Waals surface area (Å²) in [7, 11) is 0. The highest BCUT2D eigenvalue weighted by molar-refractivity contribution is 7.09. The van der Waals surface area contributed by atoms with Crippen LogP contribution in [0.1, 0.15) is 21.9 Å². The molecule has 0 fully saturated rings. The summed E-state index contributed by atoms with van der Waals surface area (Å²) >= 11 is 1.64. The van der Waals surface area contributed by atoms with Crippen LogP contribution in [-0.4, -0.2) is 28.1 Å². The Bertz CT molecular complexity index is 858. The number of alkyl halides is 3. The van der Waals surface area contributed by atoms with Gasteiger partial charge in [0.05, 0.1) is 17.9 Å². The Labute approximate surface area is 158 Å². The number of halogens is 3. The molecule has 0 saturated carbocycles. The van der Waals surface area contributed by atoms with Gasteiger partial charge in [-0.15, -0.1) is 11.3 Å². The third kappa shape index (κ3) is 4.97. The van der Waals surface area contributed by atoms with Crippen molar-refractivity contribution in [2.75, 3.05) is 13.2 Å². The number of benzene rings is 1. The predicted molar refractivity (Wildman–Crippen MR) is 97.2 cm³/mol.